The van der Waals surface area contributed by atoms with Gasteiger partial charge in [0.2, 0.25) is 5.91 Å². The number of rotatable bonds is 4. The molecule has 6 heteroatoms. The lowest BCUT2D eigenvalue weighted by Gasteiger charge is -2.25. The summed E-state index contributed by atoms with van der Waals surface area (Å²) in [5.74, 6) is -0.218. The SMILES string of the molecule is CC(C)(C)[C@@H](N)C(=O)NCc1ccc(S(C)(=O)=O)cc1. The van der Waals surface area contributed by atoms with E-state index in [9.17, 15) is 13.2 Å². The maximum absolute atomic E-state index is 11.9. The van der Waals surface area contributed by atoms with Gasteiger partial charge in [-0.3, -0.25) is 4.79 Å². The molecule has 0 fully saturated rings. The lowest BCUT2D eigenvalue weighted by molar-refractivity contribution is -0.124. The molecule has 0 aliphatic carbocycles. The minimum absolute atomic E-state index is 0.218. The van der Waals surface area contributed by atoms with Crippen LogP contribution in [0.15, 0.2) is 29.2 Å². The number of hydrogen-bond acceptors (Lipinski definition) is 4. The summed E-state index contributed by atoms with van der Waals surface area (Å²) in [6.45, 7) is 6.03. The van der Waals surface area contributed by atoms with E-state index < -0.39 is 15.9 Å². The van der Waals surface area contributed by atoms with Gasteiger partial charge in [0.25, 0.3) is 0 Å². The third-order valence-electron chi connectivity index (χ3n) is 3.03. The number of hydrogen-bond donors (Lipinski definition) is 2. The fourth-order valence-electron chi connectivity index (χ4n) is 1.55. The summed E-state index contributed by atoms with van der Waals surface area (Å²) in [5.41, 5.74) is 6.37. The molecule has 1 amide bonds. The fraction of sp³-hybridized carbons (Fsp3) is 0.500. The molecule has 1 rings (SSSR count). The van der Waals surface area contributed by atoms with Gasteiger partial charge in [0.15, 0.2) is 9.84 Å². The zero-order valence-corrected chi connectivity index (χ0v) is 13.1. The van der Waals surface area contributed by atoms with E-state index >= 15 is 0 Å². The number of carbonyl (C=O) groups excluding carboxylic acids is 1. The largest absolute Gasteiger partial charge is 0.351 e. The van der Waals surface area contributed by atoms with Gasteiger partial charge in [0, 0.05) is 12.8 Å². The lowest BCUT2D eigenvalue weighted by Crippen LogP contribution is -2.48. The molecule has 3 N–H and O–H groups in total. The van der Waals surface area contributed by atoms with Crippen molar-refractivity contribution in [2.45, 2.75) is 38.3 Å². The first-order valence-corrected chi connectivity index (χ1v) is 8.23. The molecule has 0 aromatic heterocycles. The molecular formula is C14H22N2O3S. The van der Waals surface area contributed by atoms with Crippen LogP contribution in [0.1, 0.15) is 26.3 Å². The van der Waals surface area contributed by atoms with Gasteiger partial charge in [-0.05, 0) is 23.1 Å². The molecule has 0 radical (unpaired) electrons. The summed E-state index contributed by atoms with van der Waals surface area (Å²) in [6, 6.07) is 5.83. The zero-order valence-electron chi connectivity index (χ0n) is 12.3. The summed E-state index contributed by atoms with van der Waals surface area (Å²) in [4.78, 5) is 12.1. The quantitative estimate of drug-likeness (QED) is 0.870. The molecule has 0 spiro atoms. The summed E-state index contributed by atoms with van der Waals surface area (Å²) in [5, 5.41) is 2.75. The van der Waals surface area contributed by atoms with Crippen molar-refractivity contribution in [3.63, 3.8) is 0 Å². The van der Waals surface area contributed by atoms with Crippen LogP contribution in [-0.2, 0) is 21.2 Å². The van der Waals surface area contributed by atoms with Crippen molar-refractivity contribution in [1.29, 1.82) is 0 Å². The van der Waals surface area contributed by atoms with Crippen molar-refractivity contribution in [1.82, 2.24) is 5.32 Å². The van der Waals surface area contributed by atoms with Crippen LogP contribution in [0.2, 0.25) is 0 Å². The Hall–Kier alpha value is -1.40. The van der Waals surface area contributed by atoms with Crippen molar-refractivity contribution in [3.8, 4) is 0 Å². The molecule has 0 heterocycles. The van der Waals surface area contributed by atoms with E-state index in [0.717, 1.165) is 11.8 Å². The van der Waals surface area contributed by atoms with Crippen molar-refractivity contribution in [2.24, 2.45) is 11.1 Å². The second-order valence-electron chi connectivity index (χ2n) is 5.98. The average Bonchev–Trinajstić information content (AvgIpc) is 2.33. The van der Waals surface area contributed by atoms with Crippen LogP contribution in [0.5, 0.6) is 0 Å². The highest BCUT2D eigenvalue weighted by atomic mass is 32.2. The first kappa shape index (κ1) is 16.7. The molecule has 0 aliphatic rings. The molecule has 0 unspecified atom stereocenters. The van der Waals surface area contributed by atoms with E-state index in [1.165, 1.54) is 12.1 Å². The standard InChI is InChI=1S/C14H22N2O3S/c1-14(2,3)12(15)13(17)16-9-10-5-7-11(8-6-10)20(4,18)19/h5-8,12H,9,15H2,1-4H3,(H,16,17)/t12-/m0/s1. The number of nitrogens with one attached hydrogen (secondary N) is 1. The van der Waals surface area contributed by atoms with E-state index in [0.29, 0.717) is 6.54 Å². The van der Waals surface area contributed by atoms with Crippen molar-refractivity contribution < 1.29 is 13.2 Å². The molecule has 0 saturated carbocycles. The van der Waals surface area contributed by atoms with E-state index in [1.807, 2.05) is 20.8 Å². The number of nitrogens with two attached hydrogens (primary N) is 1. The highest BCUT2D eigenvalue weighted by Gasteiger charge is 2.27. The topological polar surface area (TPSA) is 89.3 Å². The number of amides is 1. The predicted octanol–water partition coefficient (Wildman–Crippen LogP) is 1.08. The molecule has 0 bridgehead atoms. The van der Waals surface area contributed by atoms with Crippen molar-refractivity contribution in [2.75, 3.05) is 6.26 Å². The smallest absolute Gasteiger partial charge is 0.237 e. The molecule has 1 aromatic rings. The summed E-state index contributed by atoms with van der Waals surface area (Å²) >= 11 is 0. The van der Waals surface area contributed by atoms with Gasteiger partial charge in [0.05, 0.1) is 10.9 Å². The van der Waals surface area contributed by atoms with E-state index in [4.69, 9.17) is 5.73 Å². The molecule has 0 aliphatic heterocycles. The van der Waals surface area contributed by atoms with E-state index in [-0.39, 0.29) is 16.2 Å². The fourth-order valence-corrected chi connectivity index (χ4v) is 2.18. The molecule has 1 aromatic carbocycles. The Labute approximate surface area is 120 Å². The molecule has 1 atom stereocenters. The first-order chi connectivity index (χ1) is 9.01. The van der Waals surface area contributed by atoms with Crippen LogP contribution < -0.4 is 11.1 Å². The van der Waals surface area contributed by atoms with Gasteiger partial charge >= 0.3 is 0 Å². The van der Waals surface area contributed by atoms with E-state index in [2.05, 4.69) is 5.32 Å². The second-order valence-corrected chi connectivity index (χ2v) is 7.99. The van der Waals surface area contributed by atoms with Crippen molar-refractivity contribution in [3.05, 3.63) is 29.8 Å². The van der Waals surface area contributed by atoms with E-state index in [1.54, 1.807) is 12.1 Å². The molecule has 112 valence electrons. The highest BCUT2D eigenvalue weighted by Crippen LogP contribution is 2.17. The Bertz CT molecular complexity index is 571. The first-order valence-electron chi connectivity index (χ1n) is 6.34. The van der Waals surface area contributed by atoms with Crippen LogP contribution >= 0.6 is 0 Å². The van der Waals surface area contributed by atoms with Crippen molar-refractivity contribution >= 4 is 15.7 Å². The zero-order chi connectivity index (χ0) is 15.6. The predicted molar refractivity (Wildman–Crippen MR) is 78.8 cm³/mol. The minimum Gasteiger partial charge on any atom is -0.351 e. The van der Waals surface area contributed by atoms with Gasteiger partial charge in [0.1, 0.15) is 0 Å². The minimum atomic E-state index is -3.19. The Morgan fingerprint density at radius 3 is 2.15 bits per heavy atom. The molecule has 0 saturated heterocycles. The maximum atomic E-state index is 11.9. The van der Waals surface area contributed by atoms with Gasteiger partial charge in [-0.25, -0.2) is 8.42 Å². The van der Waals surface area contributed by atoms with Gasteiger partial charge in [-0.15, -0.1) is 0 Å². The summed E-state index contributed by atoms with van der Waals surface area (Å²) in [6.07, 6.45) is 1.16. The Balaban J connectivity index is 2.66. The molecular weight excluding hydrogens is 276 g/mol. The summed E-state index contributed by atoms with van der Waals surface area (Å²) in [7, 11) is -3.19. The third-order valence-corrected chi connectivity index (χ3v) is 4.16. The number of carbonyl (C=O) groups is 1. The van der Waals surface area contributed by atoms with Crippen LogP contribution in [0.3, 0.4) is 0 Å². The average molecular weight is 298 g/mol. The van der Waals surface area contributed by atoms with Gasteiger partial charge < -0.3 is 11.1 Å². The van der Waals surface area contributed by atoms with Crippen LogP contribution in [-0.4, -0.2) is 26.6 Å². The Morgan fingerprint density at radius 2 is 1.75 bits per heavy atom. The third kappa shape index (κ3) is 4.61. The Kier molecular flexibility index (Phi) is 4.94. The van der Waals surface area contributed by atoms with Crippen LogP contribution in [0.25, 0.3) is 0 Å². The summed E-state index contributed by atoms with van der Waals surface area (Å²) < 4.78 is 22.6. The normalized spacial score (nSPS) is 13.8. The van der Waals surface area contributed by atoms with Gasteiger partial charge in [-0.1, -0.05) is 32.9 Å². The maximum Gasteiger partial charge on any atom is 0.237 e. The second kappa shape index (κ2) is 5.93. The van der Waals surface area contributed by atoms with Crippen LogP contribution in [0.4, 0.5) is 0 Å². The van der Waals surface area contributed by atoms with Gasteiger partial charge in [-0.2, -0.15) is 0 Å². The lowest BCUT2D eigenvalue weighted by atomic mass is 9.87. The Morgan fingerprint density at radius 1 is 1.25 bits per heavy atom. The highest BCUT2D eigenvalue weighted by molar-refractivity contribution is 7.90. The monoisotopic (exact) mass is 298 g/mol. The molecule has 20 heavy (non-hydrogen) atoms. The number of sulfone groups is 1. The number of benzene rings is 1. The van der Waals surface area contributed by atoms with Crippen LogP contribution in [0, 0.1) is 5.41 Å². The molecule has 5 nitrogen and oxygen atoms in total.